The van der Waals surface area contributed by atoms with Crippen molar-refractivity contribution in [2.24, 2.45) is 10.8 Å². The van der Waals surface area contributed by atoms with Crippen LogP contribution in [0.25, 0.3) is 0 Å². The first-order chi connectivity index (χ1) is 5.57. The highest BCUT2D eigenvalue weighted by atomic mass is 32.2. The lowest BCUT2D eigenvalue weighted by Crippen LogP contribution is -2.53. The van der Waals surface area contributed by atoms with Gasteiger partial charge in [0.25, 0.3) is 0 Å². The molecule has 0 spiro atoms. The van der Waals surface area contributed by atoms with Crippen LogP contribution >= 0.6 is 23.5 Å². The van der Waals surface area contributed by atoms with E-state index in [0.717, 1.165) is 23.0 Å². The van der Waals surface area contributed by atoms with Gasteiger partial charge in [-0.15, -0.1) is 0 Å². The van der Waals surface area contributed by atoms with Crippen molar-refractivity contribution in [1.82, 2.24) is 0 Å². The third kappa shape index (κ3) is 1.13. The van der Waals surface area contributed by atoms with Gasteiger partial charge in [0.15, 0.2) is 0 Å². The number of Topliss-reactive ketones (excluding diaryl/α,β-unsaturated/α-hetero) is 1. The van der Waals surface area contributed by atoms with E-state index in [1.165, 1.54) is 0 Å². The van der Waals surface area contributed by atoms with Crippen LogP contribution in [0.5, 0.6) is 0 Å². The second-order valence-electron chi connectivity index (χ2n) is 4.44. The fourth-order valence-corrected chi connectivity index (χ4v) is 5.27. The van der Waals surface area contributed by atoms with Gasteiger partial charge >= 0.3 is 0 Å². The lowest BCUT2D eigenvalue weighted by Gasteiger charge is -2.46. The molecule has 2 rings (SSSR count). The molecule has 0 amide bonds. The van der Waals surface area contributed by atoms with E-state index < -0.39 is 0 Å². The minimum atomic E-state index is -0.0133. The van der Waals surface area contributed by atoms with Crippen LogP contribution in [-0.4, -0.2) is 28.8 Å². The van der Waals surface area contributed by atoms with Crippen molar-refractivity contribution >= 4 is 29.3 Å². The van der Waals surface area contributed by atoms with Crippen LogP contribution in [-0.2, 0) is 4.79 Å². The molecule has 0 saturated carbocycles. The second-order valence-corrected chi connectivity index (χ2v) is 6.41. The maximum Gasteiger partial charge on any atom is 0.147 e. The van der Waals surface area contributed by atoms with Gasteiger partial charge in [0.2, 0.25) is 0 Å². The van der Waals surface area contributed by atoms with Gasteiger partial charge in [-0.2, -0.15) is 23.5 Å². The summed E-state index contributed by atoms with van der Waals surface area (Å²) in [4.78, 5) is 12.0. The van der Waals surface area contributed by atoms with E-state index in [0.29, 0.717) is 5.78 Å². The van der Waals surface area contributed by atoms with Gasteiger partial charge in [-0.3, -0.25) is 4.79 Å². The highest BCUT2D eigenvalue weighted by Gasteiger charge is 2.51. The standard InChI is InChI=1S/C9H14OS2/c1-8-3-11-5-9(2,7(8)10)6-12-4-8/h3-6H2,1-2H3. The molecule has 0 aromatic heterocycles. The van der Waals surface area contributed by atoms with Crippen LogP contribution in [0.3, 0.4) is 0 Å². The smallest absolute Gasteiger partial charge is 0.147 e. The van der Waals surface area contributed by atoms with E-state index >= 15 is 0 Å². The van der Waals surface area contributed by atoms with Crippen LogP contribution < -0.4 is 0 Å². The Bertz CT molecular complexity index is 195. The second kappa shape index (κ2) is 2.68. The van der Waals surface area contributed by atoms with Gasteiger partial charge in [-0.05, 0) is 0 Å². The number of hydrogen-bond acceptors (Lipinski definition) is 3. The summed E-state index contributed by atoms with van der Waals surface area (Å²) in [5.41, 5.74) is -0.0266. The molecule has 2 bridgehead atoms. The maximum atomic E-state index is 12.0. The van der Waals surface area contributed by atoms with Crippen molar-refractivity contribution in [2.75, 3.05) is 23.0 Å². The van der Waals surface area contributed by atoms with Crippen LogP contribution in [0.15, 0.2) is 0 Å². The van der Waals surface area contributed by atoms with E-state index in [-0.39, 0.29) is 10.8 Å². The van der Waals surface area contributed by atoms with Crippen molar-refractivity contribution in [3.8, 4) is 0 Å². The molecule has 2 aliphatic rings. The highest BCUT2D eigenvalue weighted by molar-refractivity contribution is 8.01. The lowest BCUT2D eigenvalue weighted by atomic mass is 9.74. The summed E-state index contributed by atoms with van der Waals surface area (Å²) in [7, 11) is 0. The average molecular weight is 202 g/mol. The summed E-state index contributed by atoms with van der Waals surface area (Å²) in [5, 5.41) is 0. The molecule has 2 heterocycles. The summed E-state index contributed by atoms with van der Waals surface area (Å²) in [6.07, 6.45) is 0. The molecule has 3 heteroatoms. The molecule has 0 aromatic carbocycles. The molecule has 0 radical (unpaired) electrons. The molecule has 0 aliphatic carbocycles. The number of ketones is 1. The molecule has 0 aromatic rings. The summed E-state index contributed by atoms with van der Waals surface area (Å²) >= 11 is 3.91. The number of fused-ring (bicyclic) bond motifs is 2. The van der Waals surface area contributed by atoms with Gasteiger partial charge < -0.3 is 0 Å². The summed E-state index contributed by atoms with van der Waals surface area (Å²) in [5.74, 6) is 4.67. The van der Waals surface area contributed by atoms with Crippen molar-refractivity contribution in [2.45, 2.75) is 13.8 Å². The first kappa shape index (κ1) is 8.95. The topological polar surface area (TPSA) is 17.1 Å². The lowest BCUT2D eigenvalue weighted by molar-refractivity contribution is -0.134. The number of hydrogen-bond donors (Lipinski definition) is 0. The first-order valence-electron chi connectivity index (χ1n) is 4.27. The molecular formula is C9H14OS2. The zero-order valence-electron chi connectivity index (χ0n) is 7.55. The van der Waals surface area contributed by atoms with Gasteiger partial charge in [-0.25, -0.2) is 0 Å². The molecule has 12 heavy (non-hydrogen) atoms. The Morgan fingerprint density at radius 3 is 1.58 bits per heavy atom. The Labute approximate surface area is 82.1 Å². The molecule has 1 nitrogen and oxygen atoms in total. The van der Waals surface area contributed by atoms with Crippen molar-refractivity contribution in [1.29, 1.82) is 0 Å². The number of rotatable bonds is 0. The minimum absolute atomic E-state index is 0.0133. The molecule has 68 valence electrons. The molecule has 0 unspecified atom stereocenters. The van der Waals surface area contributed by atoms with Gasteiger partial charge in [0.1, 0.15) is 5.78 Å². The van der Waals surface area contributed by atoms with E-state index in [2.05, 4.69) is 13.8 Å². The zero-order valence-corrected chi connectivity index (χ0v) is 9.19. The Morgan fingerprint density at radius 2 is 1.33 bits per heavy atom. The number of thioether (sulfide) groups is 2. The van der Waals surface area contributed by atoms with Crippen LogP contribution in [0.1, 0.15) is 13.8 Å². The normalized spacial score (nSPS) is 47.7. The first-order valence-corrected chi connectivity index (χ1v) is 6.58. The Kier molecular flexibility index (Phi) is 2.00. The summed E-state index contributed by atoms with van der Waals surface area (Å²) < 4.78 is 0. The number of carbonyl (C=O) groups is 1. The Morgan fingerprint density at radius 1 is 1.00 bits per heavy atom. The zero-order chi connectivity index (χ0) is 8.82. The monoisotopic (exact) mass is 202 g/mol. The van der Waals surface area contributed by atoms with Gasteiger partial charge in [0, 0.05) is 33.8 Å². The summed E-state index contributed by atoms with van der Waals surface area (Å²) in [6.45, 7) is 4.26. The SMILES string of the molecule is CC12CSCC(C)(CSC1)C2=O. The van der Waals surface area contributed by atoms with E-state index in [4.69, 9.17) is 0 Å². The Hall–Kier alpha value is 0.370. The minimum Gasteiger partial charge on any atom is -0.298 e. The molecule has 2 fully saturated rings. The van der Waals surface area contributed by atoms with E-state index in [1.807, 2.05) is 23.5 Å². The molecule has 0 N–H and O–H groups in total. The van der Waals surface area contributed by atoms with Gasteiger partial charge in [0.05, 0.1) is 0 Å². The van der Waals surface area contributed by atoms with E-state index in [9.17, 15) is 4.79 Å². The highest BCUT2D eigenvalue weighted by Crippen LogP contribution is 2.48. The van der Waals surface area contributed by atoms with Crippen LogP contribution in [0, 0.1) is 10.8 Å². The predicted octanol–water partition coefficient (Wildman–Crippen LogP) is 2.06. The van der Waals surface area contributed by atoms with E-state index in [1.54, 1.807) is 0 Å². The fourth-order valence-electron chi connectivity index (χ4n) is 2.08. The van der Waals surface area contributed by atoms with Crippen molar-refractivity contribution < 1.29 is 4.79 Å². The third-order valence-electron chi connectivity index (χ3n) is 2.78. The number of carbonyl (C=O) groups excluding carboxylic acids is 1. The molecular weight excluding hydrogens is 188 g/mol. The van der Waals surface area contributed by atoms with Crippen molar-refractivity contribution in [3.63, 3.8) is 0 Å². The van der Waals surface area contributed by atoms with Crippen molar-refractivity contribution in [3.05, 3.63) is 0 Å². The molecule has 0 atom stereocenters. The largest absolute Gasteiger partial charge is 0.298 e. The third-order valence-corrected chi connectivity index (χ3v) is 6.14. The molecule has 2 aliphatic heterocycles. The Balaban J connectivity index is 2.33. The maximum absolute atomic E-state index is 12.0. The fraction of sp³-hybridized carbons (Fsp3) is 0.889. The molecule has 2 saturated heterocycles. The van der Waals surface area contributed by atoms with Crippen LogP contribution in [0.4, 0.5) is 0 Å². The quantitative estimate of drug-likeness (QED) is 0.598. The average Bonchev–Trinajstić information content (AvgIpc) is 1.97. The summed E-state index contributed by atoms with van der Waals surface area (Å²) in [6, 6.07) is 0. The van der Waals surface area contributed by atoms with Crippen LogP contribution in [0.2, 0.25) is 0 Å². The van der Waals surface area contributed by atoms with Gasteiger partial charge in [-0.1, -0.05) is 13.8 Å². The predicted molar refractivity (Wildman–Crippen MR) is 55.9 cm³/mol.